The van der Waals surface area contributed by atoms with Crippen LogP contribution in [0.25, 0.3) is 88.0 Å². The van der Waals surface area contributed by atoms with Gasteiger partial charge in [-0.1, -0.05) is 158 Å². The van der Waals surface area contributed by atoms with Gasteiger partial charge in [0.25, 0.3) is 0 Å². The average Bonchev–Trinajstić information content (AvgIpc) is 3.54. The Labute approximate surface area is 267 Å². The third-order valence-electron chi connectivity index (χ3n) is 8.75. The summed E-state index contributed by atoms with van der Waals surface area (Å²) in [4.78, 5) is 0. The lowest BCUT2D eigenvalue weighted by molar-refractivity contribution is 0.669. The zero-order valence-corrected chi connectivity index (χ0v) is 24.3. The molecule has 0 aliphatic heterocycles. The Morgan fingerprint density at radius 1 is 0.333 bits per heavy atom. The fourth-order valence-corrected chi connectivity index (χ4v) is 6.82. The van der Waals surface area contributed by atoms with Crippen molar-refractivity contribution in [2.24, 2.45) is 0 Å². The molecule has 0 spiro atoms. The Balaban J connectivity index is 1.36. The standard InChI is InChI=1S/C44H28O/c1-3-13-29(14-4-1)33-21-11-23-39-43(33)44-34(22-12-24-40(44)45-39)30-25-27-32(28-26-30)42-37-19-9-7-17-35(37)41(31-15-5-2-6-16-31)36-18-8-10-20-38(36)42/h1-28H/i25D,26D,27D,28D. The second-order valence-electron chi connectivity index (χ2n) is 11.3. The molecular formula is C44H28O. The van der Waals surface area contributed by atoms with Crippen molar-refractivity contribution in [1.82, 2.24) is 0 Å². The van der Waals surface area contributed by atoms with Gasteiger partial charge >= 0.3 is 0 Å². The molecule has 1 aromatic heterocycles. The van der Waals surface area contributed by atoms with Gasteiger partial charge in [-0.05, 0) is 78.2 Å². The van der Waals surface area contributed by atoms with E-state index in [-0.39, 0.29) is 29.7 Å². The van der Waals surface area contributed by atoms with Crippen molar-refractivity contribution in [3.8, 4) is 44.5 Å². The Kier molecular flexibility index (Phi) is 5.00. The molecule has 45 heavy (non-hydrogen) atoms. The molecule has 0 bridgehead atoms. The van der Waals surface area contributed by atoms with Crippen LogP contribution in [-0.4, -0.2) is 0 Å². The molecule has 0 atom stereocenters. The molecule has 9 aromatic rings. The SMILES string of the molecule is [2H]c1c([2H])c(-c2cccc3oc4cccc(-c5ccccc5)c4c23)c([2H])c([2H])c1-c1c2ccccc2c(-c2ccccc2)c2ccccc12. The van der Waals surface area contributed by atoms with Gasteiger partial charge < -0.3 is 4.42 Å². The van der Waals surface area contributed by atoms with E-state index in [9.17, 15) is 5.48 Å². The van der Waals surface area contributed by atoms with Crippen LogP contribution in [0.3, 0.4) is 0 Å². The van der Waals surface area contributed by atoms with Gasteiger partial charge in [-0.25, -0.2) is 0 Å². The van der Waals surface area contributed by atoms with E-state index in [1.165, 1.54) is 0 Å². The van der Waals surface area contributed by atoms with E-state index in [1.54, 1.807) is 0 Å². The number of hydrogen-bond donors (Lipinski definition) is 0. The predicted octanol–water partition coefficient (Wildman–Crippen LogP) is 12.6. The van der Waals surface area contributed by atoms with Gasteiger partial charge in [0.05, 0.1) is 5.48 Å². The van der Waals surface area contributed by atoms with Crippen molar-refractivity contribution in [2.45, 2.75) is 0 Å². The van der Waals surface area contributed by atoms with Gasteiger partial charge in [0.15, 0.2) is 0 Å². The minimum Gasteiger partial charge on any atom is -0.456 e. The molecule has 0 radical (unpaired) electrons. The van der Waals surface area contributed by atoms with E-state index in [0.29, 0.717) is 27.9 Å². The third-order valence-corrected chi connectivity index (χ3v) is 8.75. The Hall–Kier alpha value is -5.92. The maximum atomic E-state index is 9.53. The summed E-state index contributed by atoms with van der Waals surface area (Å²) < 4.78 is 44.4. The van der Waals surface area contributed by atoms with Crippen LogP contribution in [0.1, 0.15) is 5.48 Å². The van der Waals surface area contributed by atoms with E-state index in [4.69, 9.17) is 4.42 Å². The van der Waals surface area contributed by atoms with E-state index >= 15 is 0 Å². The summed E-state index contributed by atoms with van der Waals surface area (Å²) in [7, 11) is 0. The quantitative estimate of drug-likeness (QED) is 0.190. The average molecular weight is 577 g/mol. The fourth-order valence-electron chi connectivity index (χ4n) is 6.82. The normalized spacial score (nSPS) is 12.8. The van der Waals surface area contributed by atoms with Crippen molar-refractivity contribution < 1.29 is 9.90 Å². The van der Waals surface area contributed by atoms with Crippen LogP contribution >= 0.6 is 0 Å². The van der Waals surface area contributed by atoms with Crippen molar-refractivity contribution in [3.05, 3.63) is 170 Å². The van der Waals surface area contributed by atoms with Crippen LogP contribution < -0.4 is 0 Å². The summed E-state index contributed by atoms with van der Waals surface area (Å²) in [6.07, 6.45) is 0. The number of rotatable bonds is 4. The molecule has 1 nitrogen and oxygen atoms in total. The molecule has 0 saturated carbocycles. The van der Waals surface area contributed by atoms with Crippen molar-refractivity contribution in [2.75, 3.05) is 0 Å². The maximum absolute atomic E-state index is 9.53. The molecule has 0 unspecified atom stereocenters. The lowest BCUT2D eigenvalue weighted by Crippen LogP contribution is -1.90. The molecule has 0 fully saturated rings. The summed E-state index contributed by atoms with van der Waals surface area (Å²) in [6, 6.07) is 47.7. The van der Waals surface area contributed by atoms with Gasteiger partial charge in [-0.2, -0.15) is 0 Å². The molecule has 0 N–H and O–H groups in total. The molecule has 1 heterocycles. The van der Waals surface area contributed by atoms with Crippen LogP contribution in [-0.2, 0) is 0 Å². The molecule has 0 saturated heterocycles. The molecule has 9 rings (SSSR count). The second-order valence-corrected chi connectivity index (χ2v) is 11.3. The largest absolute Gasteiger partial charge is 0.456 e. The fraction of sp³-hybridized carbons (Fsp3) is 0. The highest BCUT2D eigenvalue weighted by Crippen LogP contribution is 2.45. The monoisotopic (exact) mass is 576 g/mol. The second kappa shape index (κ2) is 10.4. The molecule has 0 aliphatic rings. The van der Waals surface area contributed by atoms with E-state index < -0.39 is 0 Å². The first-order valence-electron chi connectivity index (χ1n) is 17.1. The molecule has 0 aliphatic carbocycles. The molecular weight excluding hydrogens is 544 g/mol. The van der Waals surface area contributed by atoms with Crippen LogP contribution in [0.5, 0.6) is 0 Å². The Bertz CT molecular complexity index is 2660. The van der Waals surface area contributed by atoms with Gasteiger partial charge in [0.1, 0.15) is 11.2 Å². The van der Waals surface area contributed by atoms with Crippen molar-refractivity contribution in [1.29, 1.82) is 0 Å². The summed E-state index contributed by atoms with van der Waals surface area (Å²) in [5.41, 5.74) is 7.35. The smallest absolute Gasteiger partial charge is 0.136 e. The molecule has 0 amide bonds. The van der Waals surface area contributed by atoms with Gasteiger partial charge in [-0.3, -0.25) is 0 Å². The summed E-state index contributed by atoms with van der Waals surface area (Å²) in [6.45, 7) is 0. The number of furan rings is 1. The zero-order chi connectivity index (χ0) is 33.2. The van der Waals surface area contributed by atoms with Crippen LogP contribution in [0.2, 0.25) is 0 Å². The lowest BCUT2D eigenvalue weighted by atomic mass is 9.85. The maximum Gasteiger partial charge on any atom is 0.136 e. The topological polar surface area (TPSA) is 13.1 Å². The Morgan fingerprint density at radius 3 is 1.24 bits per heavy atom. The number of benzene rings is 8. The van der Waals surface area contributed by atoms with Gasteiger partial charge in [0, 0.05) is 10.8 Å². The number of fused-ring (bicyclic) bond motifs is 5. The number of hydrogen-bond acceptors (Lipinski definition) is 1. The highest BCUT2D eigenvalue weighted by Gasteiger charge is 2.18. The summed E-state index contributed by atoms with van der Waals surface area (Å²) in [5.74, 6) is 0. The first-order valence-corrected chi connectivity index (χ1v) is 15.1. The van der Waals surface area contributed by atoms with E-state index in [0.717, 1.165) is 54.6 Å². The molecule has 1 heteroatoms. The summed E-state index contributed by atoms with van der Waals surface area (Å²) >= 11 is 0. The highest BCUT2D eigenvalue weighted by molar-refractivity contribution is 6.22. The van der Waals surface area contributed by atoms with E-state index in [2.05, 4.69) is 42.5 Å². The van der Waals surface area contributed by atoms with Crippen molar-refractivity contribution >= 4 is 43.5 Å². The zero-order valence-electron chi connectivity index (χ0n) is 28.3. The molecule has 8 aromatic carbocycles. The van der Waals surface area contributed by atoms with Crippen LogP contribution in [0.4, 0.5) is 0 Å². The highest BCUT2D eigenvalue weighted by atomic mass is 16.3. The molecule has 210 valence electrons. The third kappa shape index (κ3) is 4.09. The van der Waals surface area contributed by atoms with Crippen LogP contribution in [0, 0.1) is 0 Å². The summed E-state index contributed by atoms with van der Waals surface area (Å²) in [5, 5.41) is 5.40. The lowest BCUT2D eigenvalue weighted by Gasteiger charge is -2.18. The first-order chi connectivity index (χ1) is 24.0. The first kappa shape index (κ1) is 21.7. The van der Waals surface area contributed by atoms with Crippen molar-refractivity contribution in [3.63, 3.8) is 0 Å². The minimum atomic E-state index is -0.0876. The predicted molar refractivity (Wildman–Crippen MR) is 190 cm³/mol. The minimum absolute atomic E-state index is 0.0770. The Morgan fingerprint density at radius 2 is 0.733 bits per heavy atom. The van der Waals surface area contributed by atoms with Crippen LogP contribution in [0.15, 0.2) is 174 Å². The van der Waals surface area contributed by atoms with Gasteiger partial charge in [0.2, 0.25) is 0 Å². The van der Waals surface area contributed by atoms with E-state index in [1.807, 2.05) is 103 Å². The van der Waals surface area contributed by atoms with Gasteiger partial charge in [-0.15, -0.1) is 0 Å².